The number of nitrogens with zero attached hydrogens (tertiary/aromatic N) is 1. The van der Waals surface area contributed by atoms with E-state index in [1.165, 1.54) is 11.3 Å². The normalized spacial score (nSPS) is 11.2. The van der Waals surface area contributed by atoms with E-state index in [9.17, 15) is 9.59 Å². The summed E-state index contributed by atoms with van der Waals surface area (Å²) in [5, 5.41) is 3.38. The van der Waals surface area contributed by atoms with Crippen LogP contribution in [0.4, 0.5) is 10.5 Å². The molecule has 0 aliphatic carbocycles. The molecule has 0 atom stereocenters. The van der Waals surface area contributed by atoms with Gasteiger partial charge in [-0.2, -0.15) is 0 Å². The molecule has 1 N–H and O–H groups in total. The Kier molecular flexibility index (Phi) is 6.48. The third-order valence-corrected chi connectivity index (χ3v) is 4.72. The van der Waals surface area contributed by atoms with E-state index >= 15 is 0 Å². The predicted octanol–water partition coefficient (Wildman–Crippen LogP) is 6.27. The van der Waals surface area contributed by atoms with Crippen molar-refractivity contribution >= 4 is 50.9 Å². The number of carbonyl (C=O) groups is 2. The standard InChI is InChI=1S/C21H21ClN2O5S/c1-5-27-18(25)12-6-7-16-17(8-12)30-20(24-16)28-15-10-13(22)9-14(11-15)23-19(26)29-21(2,3)4/h6-11H,5H2,1-4H3,(H,23,26). The average Bonchev–Trinajstić information content (AvgIpc) is 3.00. The van der Waals surface area contributed by atoms with Crippen molar-refractivity contribution in [2.75, 3.05) is 11.9 Å². The maximum Gasteiger partial charge on any atom is 0.412 e. The monoisotopic (exact) mass is 448 g/mol. The molecule has 0 aliphatic heterocycles. The van der Waals surface area contributed by atoms with E-state index in [0.29, 0.717) is 39.3 Å². The quantitative estimate of drug-likeness (QED) is 0.463. The fourth-order valence-electron chi connectivity index (χ4n) is 2.50. The molecule has 158 valence electrons. The van der Waals surface area contributed by atoms with Crippen molar-refractivity contribution in [3.8, 4) is 10.9 Å². The maximum absolute atomic E-state index is 12.0. The number of fused-ring (bicyclic) bond motifs is 1. The molecule has 3 rings (SSSR count). The Labute approximate surface area is 182 Å². The fraction of sp³-hybridized carbons (Fsp3) is 0.286. The van der Waals surface area contributed by atoms with Crippen LogP contribution in [0.1, 0.15) is 38.1 Å². The van der Waals surface area contributed by atoms with Gasteiger partial charge < -0.3 is 14.2 Å². The lowest BCUT2D eigenvalue weighted by Gasteiger charge is -2.19. The highest BCUT2D eigenvalue weighted by Gasteiger charge is 2.17. The van der Waals surface area contributed by atoms with E-state index in [4.69, 9.17) is 25.8 Å². The molecule has 0 radical (unpaired) electrons. The summed E-state index contributed by atoms with van der Waals surface area (Å²) in [4.78, 5) is 28.3. The molecule has 0 bridgehead atoms. The van der Waals surface area contributed by atoms with Gasteiger partial charge in [-0.05, 0) is 58.0 Å². The van der Waals surface area contributed by atoms with Gasteiger partial charge in [-0.1, -0.05) is 22.9 Å². The first-order valence-corrected chi connectivity index (χ1v) is 10.4. The Morgan fingerprint density at radius 3 is 2.63 bits per heavy atom. The Morgan fingerprint density at radius 2 is 1.93 bits per heavy atom. The van der Waals surface area contributed by atoms with Crippen molar-refractivity contribution in [1.29, 1.82) is 0 Å². The number of carbonyl (C=O) groups excluding carboxylic acids is 2. The minimum Gasteiger partial charge on any atom is -0.462 e. The van der Waals surface area contributed by atoms with Crippen molar-refractivity contribution in [1.82, 2.24) is 4.98 Å². The van der Waals surface area contributed by atoms with Crippen LogP contribution in [0.5, 0.6) is 10.9 Å². The Hall–Kier alpha value is -2.84. The van der Waals surface area contributed by atoms with Gasteiger partial charge in [0, 0.05) is 16.8 Å². The molecule has 3 aromatic rings. The molecule has 0 unspecified atom stereocenters. The molecule has 0 saturated heterocycles. The third kappa shape index (κ3) is 5.84. The second-order valence-electron chi connectivity index (χ2n) is 7.29. The van der Waals surface area contributed by atoms with E-state index in [-0.39, 0.29) is 5.97 Å². The summed E-state index contributed by atoms with van der Waals surface area (Å²) in [6, 6.07) is 9.92. The highest BCUT2D eigenvalue weighted by Crippen LogP contribution is 2.34. The molecular formula is C21H21ClN2O5S. The molecule has 1 aromatic heterocycles. The van der Waals surface area contributed by atoms with Crippen LogP contribution in [-0.2, 0) is 9.47 Å². The predicted molar refractivity (Wildman–Crippen MR) is 117 cm³/mol. The van der Waals surface area contributed by atoms with Gasteiger partial charge in [0.2, 0.25) is 0 Å². The van der Waals surface area contributed by atoms with Crippen molar-refractivity contribution < 1.29 is 23.8 Å². The van der Waals surface area contributed by atoms with Crippen LogP contribution >= 0.6 is 22.9 Å². The van der Waals surface area contributed by atoms with Crippen LogP contribution in [0.3, 0.4) is 0 Å². The van der Waals surface area contributed by atoms with Gasteiger partial charge in [0.25, 0.3) is 5.19 Å². The fourth-order valence-corrected chi connectivity index (χ4v) is 3.60. The van der Waals surface area contributed by atoms with Crippen molar-refractivity contribution in [2.45, 2.75) is 33.3 Å². The van der Waals surface area contributed by atoms with E-state index in [1.54, 1.807) is 64.1 Å². The van der Waals surface area contributed by atoms with Crippen LogP contribution in [-0.4, -0.2) is 29.3 Å². The number of anilines is 1. The molecule has 0 saturated carbocycles. The maximum atomic E-state index is 12.0. The molecular weight excluding hydrogens is 428 g/mol. The number of halogens is 1. The highest BCUT2D eigenvalue weighted by molar-refractivity contribution is 7.20. The summed E-state index contributed by atoms with van der Waals surface area (Å²) in [6.45, 7) is 7.40. The molecule has 0 fully saturated rings. The van der Waals surface area contributed by atoms with Crippen LogP contribution in [0.2, 0.25) is 5.02 Å². The number of benzene rings is 2. The Morgan fingerprint density at radius 1 is 1.17 bits per heavy atom. The zero-order valence-corrected chi connectivity index (χ0v) is 18.5. The number of aromatic nitrogens is 1. The first-order chi connectivity index (χ1) is 14.1. The number of nitrogens with one attached hydrogen (secondary N) is 1. The zero-order chi connectivity index (χ0) is 21.9. The Bertz CT molecular complexity index is 1090. The van der Waals surface area contributed by atoms with Gasteiger partial charge in [0.1, 0.15) is 11.4 Å². The number of ether oxygens (including phenoxy) is 3. The van der Waals surface area contributed by atoms with Gasteiger partial charge in [-0.15, -0.1) is 0 Å². The highest BCUT2D eigenvalue weighted by atomic mass is 35.5. The van der Waals surface area contributed by atoms with Crippen molar-refractivity contribution in [3.63, 3.8) is 0 Å². The number of thiazole rings is 1. The van der Waals surface area contributed by atoms with E-state index in [0.717, 1.165) is 4.70 Å². The summed E-state index contributed by atoms with van der Waals surface area (Å²) in [6.07, 6.45) is -0.595. The minimum atomic E-state index is -0.620. The molecule has 1 heterocycles. The summed E-state index contributed by atoms with van der Waals surface area (Å²) >= 11 is 7.44. The van der Waals surface area contributed by atoms with Crippen LogP contribution in [0, 0.1) is 0 Å². The van der Waals surface area contributed by atoms with Crippen LogP contribution in [0.15, 0.2) is 36.4 Å². The number of hydrogen-bond donors (Lipinski definition) is 1. The second-order valence-corrected chi connectivity index (χ2v) is 8.72. The third-order valence-electron chi connectivity index (χ3n) is 3.60. The lowest BCUT2D eigenvalue weighted by atomic mass is 10.2. The van der Waals surface area contributed by atoms with Gasteiger partial charge in [-0.25, -0.2) is 14.6 Å². The second kappa shape index (κ2) is 8.89. The number of esters is 1. The van der Waals surface area contributed by atoms with Gasteiger partial charge in [-0.3, -0.25) is 5.32 Å². The topological polar surface area (TPSA) is 86.8 Å². The smallest absolute Gasteiger partial charge is 0.412 e. The SMILES string of the molecule is CCOC(=O)c1ccc2nc(Oc3cc(Cl)cc(NC(=O)OC(C)(C)C)c3)sc2c1. The van der Waals surface area contributed by atoms with Crippen molar-refractivity contribution in [2.24, 2.45) is 0 Å². The van der Waals surface area contributed by atoms with E-state index < -0.39 is 11.7 Å². The van der Waals surface area contributed by atoms with Crippen LogP contribution < -0.4 is 10.1 Å². The van der Waals surface area contributed by atoms with Gasteiger partial charge >= 0.3 is 12.1 Å². The Balaban J connectivity index is 1.78. The zero-order valence-electron chi connectivity index (χ0n) is 16.9. The lowest BCUT2D eigenvalue weighted by molar-refractivity contribution is 0.0525. The minimum absolute atomic E-state index is 0.308. The largest absolute Gasteiger partial charge is 0.462 e. The summed E-state index contributed by atoms with van der Waals surface area (Å²) < 4.78 is 16.9. The molecule has 0 spiro atoms. The number of hydrogen-bond acceptors (Lipinski definition) is 7. The summed E-state index contributed by atoms with van der Waals surface area (Å²) in [5.41, 5.74) is 0.951. The molecule has 1 amide bonds. The average molecular weight is 449 g/mol. The number of rotatable bonds is 5. The van der Waals surface area contributed by atoms with Gasteiger partial charge in [0.05, 0.1) is 22.4 Å². The first kappa shape index (κ1) is 21.9. The van der Waals surface area contributed by atoms with E-state index in [1.807, 2.05) is 0 Å². The van der Waals surface area contributed by atoms with Gasteiger partial charge in [0.15, 0.2) is 0 Å². The summed E-state index contributed by atoms with van der Waals surface area (Å²) in [7, 11) is 0. The molecule has 9 heteroatoms. The van der Waals surface area contributed by atoms with Crippen LogP contribution in [0.25, 0.3) is 10.2 Å². The van der Waals surface area contributed by atoms with E-state index in [2.05, 4.69) is 10.3 Å². The molecule has 7 nitrogen and oxygen atoms in total. The lowest BCUT2D eigenvalue weighted by Crippen LogP contribution is -2.27. The summed E-state index contributed by atoms with van der Waals surface area (Å²) in [5.74, 6) is 0.0150. The van der Waals surface area contributed by atoms with Crippen molar-refractivity contribution in [3.05, 3.63) is 47.0 Å². The molecule has 2 aromatic carbocycles. The first-order valence-electron chi connectivity index (χ1n) is 9.19. The number of amides is 1. The molecule has 30 heavy (non-hydrogen) atoms. The molecule has 0 aliphatic rings.